The molecule has 0 spiro atoms. The largest absolute Gasteiger partial charge is 0.368 e. The van der Waals surface area contributed by atoms with Crippen molar-refractivity contribution in [2.45, 2.75) is 52.5 Å². The lowest BCUT2D eigenvalue weighted by Gasteiger charge is -2.34. The molecule has 4 nitrogen and oxygen atoms in total. The summed E-state index contributed by atoms with van der Waals surface area (Å²) in [4.78, 5) is 13.8. The smallest absolute Gasteiger partial charge is 0.234 e. The van der Waals surface area contributed by atoms with Crippen LogP contribution < -0.4 is 11.1 Å². The van der Waals surface area contributed by atoms with Gasteiger partial charge in [-0.2, -0.15) is 0 Å². The van der Waals surface area contributed by atoms with E-state index in [0.717, 1.165) is 37.8 Å². The van der Waals surface area contributed by atoms with Crippen LogP contribution in [0.1, 0.15) is 46.5 Å². The molecule has 0 aliphatic carbocycles. The van der Waals surface area contributed by atoms with Crippen molar-refractivity contribution in [1.29, 1.82) is 0 Å². The average molecular weight is 269 g/mol. The van der Waals surface area contributed by atoms with E-state index in [-0.39, 0.29) is 11.9 Å². The fourth-order valence-corrected chi connectivity index (χ4v) is 2.82. The fraction of sp³-hybridized carbons (Fsp3) is 0.933. The standard InChI is InChI=1S/C15H31N3O/c1-4-8-17-14(15(16)19)7-11-18-9-5-13(6-10-18)12(2)3/h12-14,17H,4-11H2,1-3H3,(H2,16,19). The number of nitrogens with zero attached hydrogens (tertiary/aromatic N) is 1. The van der Waals surface area contributed by atoms with Crippen LogP contribution in [0.4, 0.5) is 0 Å². The van der Waals surface area contributed by atoms with E-state index in [4.69, 9.17) is 5.73 Å². The molecule has 3 N–H and O–H groups in total. The highest BCUT2D eigenvalue weighted by Crippen LogP contribution is 2.24. The number of piperidine rings is 1. The highest BCUT2D eigenvalue weighted by atomic mass is 16.1. The van der Waals surface area contributed by atoms with E-state index in [1.807, 2.05) is 0 Å². The summed E-state index contributed by atoms with van der Waals surface area (Å²) in [7, 11) is 0. The quantitative estimate of drug-likeness (QED) is 0.703. The maximum Gasteiger partial charge on any atom is 0.234 e. The van der Waals surface area contributed by atoms with E-state index in [1.54, 1.807) is 0 Å². The van der Waals surface area contributed by atoms with Crippen LogP contribution in [0.15, 0.2) is 0 Å². The molecule has 0 aromatic heterocycles. The molecule has 19 heavy (non-hydrogen) atoms. The second-order valence-corrected chi connectivity index (χ2v) is 6.12. The lowest BCUT2D eigenvalue weighted by molar-refractivity contribution is -0.120. The number of hydrogen-bond donors (Lipinski definition) is 2. The first-order valence-electron chi connectivity index (χ1n) is 7.79. The van der Waals surface area contributed by atoms with Gasteiger partial charge >= 0.3 is 0 Å². The van der Waals surface area contributed by atoms with Crippen molar-refractivity contribution in [2.24, 2.45) is 17.6 Å². The van der Waals surface area contributed by atoms with Gasteiger partial charge in [-0.05, 0) is 57.2 Å². The summed E-state index contributed by atoms with van der Waals surface area (Å²) in [6, 6.07) is -0.164. The number of nitrogens with two attached hydrogens (primary N) is 1. The molecule has 1 unspecified atom stereocenters. The van der Waals surface area contributed by atoms with E-state index in [1.165, 1.54) is 25.9 Å². The topological polar surface area (TPSA) is 58.4 Å². The lowest BCUT2D eigenvalue weighted by atomic mass is 9.86. The van der Waals surface area contributed by atoms with Crippen LogP contribution >= 0.6 is 0 Å². The minimum atomic E-state index is -0.217. The van der Waals surface area contributed by atoms with E-state index in [2.05, 4.69) is 31.0 Å². The molecule has 1 aliphatic rings. The molecule has 1 rings (SSSR count). The monoisotopic (exact) mass is 269 g/mol. The fourth-order valence-electron chi connectivity index (χ4n) is 2.82. The van der Waals surface area contributed by atoms with Crippen molar-refractivity contribution >= 4 is 5.91 Å². The number of amides is 1. The van der Waals surface area contributed by atoms with Crippen molar-refractivity contribution < 1.29 is 4.79 Å². The molecular weight excluding hydrogens is 238 g/mol. The van der Waals surface area contributed by atoms with Crippen molar-refractivity contribution in [1.82, 2.24) is 10.2 Å². The highest BCUT2D eigenvalue weighted by molar-refractivity contribution is 5.79. The molecule has 1 saturated heterocycles. The summed E-state index contributed by atoms with van der Waals surface area (Å²) in [6.07, 6.45) is 4.45. The van der Waals surface area contributed by atoms with Gasteiger partial charge in [0.2, 0.25) is 5.91 Å². The Kier molecular flexibility index (Phi) is 7.39. The Bertz CT molecular complexity index is 260. The normalized spacial score (nSPS) is 19.8. The van der Waals surface area contributed by atoms with Crippen molar-refractivity contribution in [2.75, 3.05) is 26.2 Å². The van der Waals surface area contributed by atoms with Gasteiger partial charge in [0.1, 0.15) is 0 Å². The van der Waals surface area contributed by atoms with Crippen LogP contribution in [-0.2, 0) is 4.79 Å². The molecule has 1 atom stereocenters. The maximum absolute atomic E-state index is 11.4. The Labute approximate surface area is 118 Å². The third-order valence-electron chi connectivity index (χ3n) is 4.29. The molecule has 1 amide bonds. The molecule has 4 heteroatoms. The average Bonchev–Trinajstić information content (AvgIpc) is 2.39. The summed E-state index contributed by atoms with van der Waals surface area (Å²) in [5.41, 5.74) is 5.43. The first kappa shape index (κ1) is 16.4. The van der Waals surface area contributed by atoms with E-state index >= 15 is 0 Å². The minimum Gasteiger partial charge on any atom is -0.368 e. The first-order valence-corrected chi connectivity index (χ1v) is 7.79. The Hall–Kier alpha value is -0.610. The minimum absolute atomic E-state index is 0.164. The van der Waals surface area contributed by atoms with Crippen molar-refractivity contribution in [3.63, 3.8) is 0 Å². The Balaban J connectivity index is 2.26. The lowest BCUT2D eigenvalue weighted by Crippen LogP contribution is -2.45. The van der Waals surface area contributed by atoms with Crippen LogP contribution in [0, 0.1) is 11.8 Å². The zero-order chi connectivity index (χ0) is 14.3. The predicted molar refractivity (Wildman–Crippen MR) is 79.9 cm³/mol. The molecule has 0 bridgehead atoms. The van der Waals surface area contributed by atoms with Gasteiger partial charge in [0.05, 0.1) is 6.04 Å². The first-order chi connectivity index (χ1) is 9.04. The predicted octanol–water partition coefficient (Wildman–Crippen LogP) is 1.60. The van der Waals surface area contributed by atoms with E-state index in [9.17, 15) is 4.79 Å². The van der Waals surface area contributed by atoms with Crippen LogP contribution in [0.5, 0.6) is 0 Å². The summed E-state index contributed by atoms with van der Waals surface area (Å²) in [5.74, 6) is 1.46. The van der Waals surface area contributed by atoms with Gasteiger partial charge in [0, 0.05) is 6.54 Å². The molecular formula is C15H31N3O. The van der Waals surface area contributed by atoms with Crippen molar-refractivity contribution in [3.8, 4) is 0 Å². The molecule has 0 aromatic carbocycles. The van der Waals surface area contributed by atoms with Crippen LogP contribution in [0.2, 0.25) is 0 Å². The maximum atomic E-state index is 11.4. The van der Waals surface area contributed by atoms with Crippen LogP contribution in [0.3, 0.4) is 0 Å². The number of rotatable bonds is 8. The van der Waals surface area contributed by atoms with Gasteiger partial charge < -0.3 is 16.0 Å². The summed E-state index contributed by atoms with van der Waals surface area (Å²) in [6.45, 7) is 10.9. The van der Waals surface area contributed by atoms with E-state index in [0.29, 0.717) is 0 Å². The summed E-state index contributed by atoms with van der Waals surface area (Å²) >= 11 is 0. The molecule has 0 radical (unpaired) electrons. The molecule has 0 aromatic rings. The van der Waals surface area contributed by atoms with Gasteiger partial charge in [-0.25, -0.2) is 0 Å². The third kappa shape index (κ3) is 5.91. The Morgan fingerprint density at radius 2 is 2.00 bits per heavy atom. The molecule has 112 valence electrons. The zero-order valence-corrected chi connectivity index (χ0v) is 12.8. The second-order valence-electron chi connectivity index (χ2n) is 6.12. The van der Waals surface area contributed by atoms with Crippen LogP contribution in [-0.4, -0.2) is 43.0 Å². The highest BCUT2D eigenvalue weighted by Gasteiger charge is 2.22. The van der Waals surface area contributed by atoms with Gasteiger partial charge in [0.25, 0.3) is 0 Å². The Morgan fingerprint density at radius 1 is 1.37 bits per heavy atom. The zero-order valence-electron chi connectivity index (χ0n) is 12.8. The molecule has 1 aliphatic heterocycles. The second kappa shape index (κ2) is 8.54. The SMILES string of the molecule is CCCNC(CCN1CCC(C(C)C)CC1)C(N)=O. The van der Waals surface area contributed by atoms with Gasteiger partial charge in [-0.3, -0.25) is 4.79 Å². The van der Waals surface area contributed by atoms with Gasteiger partial charge in [-0.15, -0.1) is 0 Å². The van der Waals surface area contributed by atoms with Gasteiger partial charge in [0.15, 0.2) is 0 Å². The summed E-state index contributed by atoms with van der Waals surface area (Å²) in [5, 5.41) is 3.23. The van der Waals surface area contributed by atoms with Gasteiger partial charge in [-0.1, -0.05) is 20.8 Å². The number of primary amides is 1. The number of hydrogen-bond acceptors (Lipinski definition) is 3. The third-order valence-corrected chi connectivity index (χ3v) is 4.29. The molecule has 1 fully saturated rings. The number of nitrogens with one attached hydrogen (secondary N) is 1. The van der Waals surface area contributed by atoms with Crippen molar-refractivity contribution in [3.05, 3.63) is 0 Å². The number of carbonyl (C=O) groups is 1. The van der Waals surface area contributed by atoms with Crippen LogP contribution in [0.25, 0.3) is 0 Å². The number of likely N-dealkylation sites (tertiary alicyclic amines) is 1. The van der Waals surface area contributed by atoms with E-state index < -0.39 is 0 Å². The molecule has 0 saturated carbocycles. The Morgan fingerprint density at radius 3 is 2.47 bits per heavy atom. The molecule has 1 heterocycles. The summed E-state index contributed by atoms with van der Waals surface area (Å²) < 4.78 is 0. The number of carbonyl (C=O) groups excluding carboxylic acids is 1.